The number of nitrogens with zero attached hydrogens (tertiary/aromatic N) is 5. The van der Waals surface area contributed by atoms with Crippen LogP contribution in [0.15, 0.2) is 18.6 Å². The highest BCUT2D eigenvalue weighted by atomic mass is 15.3. The Morgan fingerprint density at radius 2 is 2.15 bits per heavy atom. The second kappa shape index (κ2) is 7.19. The van der Waals surface area contributed by atoms with E-state index in [-0.39, 0.29) is 6.04 Å². The van der Waals surface area contributed by atoms with E-state index in [1.807, 2.05) is 22.6 Å². The van der Waals surface area contributed by atoms with Crippen molar-refractivity contribution in [3.05, 3.63) is 30.1 Å². The fourth-order valence-electron chi connectivity index (χ4n) is 2.25. The molecule has 0 saturated carbocycles. The Morgan fingerprint density at radius 1 is 1.30 bits per heavy atom. The first-order valence-corrected chi connectivity index (χ1v) is 7.34. The van der Waals surface area contributed by atoms with Crippen molar-refractivity contribution >= 4 is 0 Å². The predicted molar refractivity (Wildman–Crippen MR) is 78.3 cm³/mol. The van der Waals surface area contributed by atoms with Gasteiger partial charge >= 0.3 is 0 Å². The van der Waals surface area contributed by atoms with Crippen LogP contribution in [-0.4, -0.2) is 31.1 Å². The van der Waals surface area contributed by atoms with Gasteiger partial charge in [0.05, 0.1) is 11.7 Å². The molecule has 2 aromatic rings. The molecule has 0 bridgehead atoms. The average molecular weight is 276 g/mol. The molecule has 6 nitrogen and oxygen atoms in total. The van der Waals surface area contributed by atoms with Gasteiger partial charge in [-0.25, -0.2) is 4.98 Å². The fourth-order valence-corrected chi connectivity index (χ4v) is 2.25. The molecule has 0 fully saturated rings. The van der Waals surface area contributed by atoms with E-state index in [9.17, 15) is 0 Å². The summed E-state index contributed by atoms with van der Waals surface area (Å²) in [7, 11) is 1.94. The minimum atomic E-state index is 0.191. The van der Waals surface area contributed by atoms with E-state index >= 15 is 0 Å². The van der Waals surface area contributed by atoms with Gasteiger partial charge in [0.25, 0.3) is 0 Å². The van der Waals surface area contributed by atoms with Gasteiger partial charge in [-0.1, -0.05) is 13.8 Å². The summed E-state index contributed by atoms with van der Waals surface area (Å²) >= 11 is 0. The maximum Gasteiger partial charge on any atom is 0.138 e. The van der Waals surface area contributed by atoms with Crippen LogP contribution in [0.25, 0.3) is 0 Å². The monoisotopic (exact) mass is 276 g/mol. The van der Waals surface area contributed by atoms with Crippen LogP contribution in [-0.2, 0) is 20.0 Å². The molecule has 2 aromatic heterocycles. The number of rotatable bonds is 8. The van der Waals surface area contributed by atoms with E-state index in [1.165, 1.54) is 0 Å². The molecule has 1 unspecified atom stereocenters. The minimum Gasteiger partial charge on any atom is -0.308 e. The molecule has 1 atom stereocenters. The van der Waals surface area contributed by atoms with Crippen LogP contribution < -0.4 is 5.32 Å². The van der Waals surface area contributed by atoms with Crippen molar-refractivity contribution in [3.8, 4) is 0 Å². The molecule has 1 N–H and O–H groups in total. The number of hydrogen-bond donors (Lipinski definition) is 1. The molecular weight excluding hydrogens is 252 g/mol. The molecule has 0 aliphatic rings. The quantitative estimate of drug-likeness (QED) is 0.797. The normalized spacial score (nSPS) is 12.8. The van der Waals surface area contributed by atoms with Gasteiger partial charge in [-0.2, -0.15) is 10.2 Å². The fraction of sp³-hybridized carbons (Fsp3) is 0.643. The van der Waals surface area contributed by atoms with Crippen LogP contribution in [0.1, 0.15) is 44.2 Å². The summed E-state index contributed by atoms with van der Waals surface area (Å²) in [6.07, 6.45) is 6.60. The summed E-state index contributed by atoms with van der Waals surface area (Å²) in [6, 6.07) is 2.25. The Bertz CT molecular complexity index is 515. The van der Waals surface area contributed by atoms with E-state index in [0.717, 1.165) is 43.9 Å². The Balaban J connectivity index is 2.12. The summed E-state index contributed by atoms with van der Waals surface area (Å²) < 4.78 is 3.83. The van der Waals surface area contributed by atoms with Gasteiger partial charge in [0, 0.05) is 26.2 Å². The van der Waals surface area contributed by atoms with E-state index in [2.05, 4.69) is 40.4 Å². The maximum atomic E-state index is 4.52. The van der Waals surface area contributed by atoms with Crippen molar-refractivity contribution < 1.29 is 0 Å². The topological polar surface area (TPSA) is 60.6 Å². The van der Waals surface area contributed by atoms with E-state index in [4.69, 9.17) is 0 Å². The molecule has 6 heteroatoms. The summed E-state index contributed by atoms with van der Waals surface area (Å²) in [4.78, 5) is 4.39. The molecule has 110 valence electrons. The van der Waals surface area contributed by atoms with Crippen LogP contribution in [0.3, 0.4) is 0 Å². The smallest absolute Gasteiger partial charge is 0.138 e. The third kappa shape index (κ3) is 3.66. The minimum absolute atomic E-state index is 0.191. The zero-order valence-corrected chi connectivity index (χ0v) is 12.6. The van der Waals surface area contributed by atoms with Crippen molar-refractivity contribution in [1.82, 2.24) is 29.9 Å². The average Bonchev–Trinajstić information content (AvgIpc) is 3.04. The van der Waals surface area contributed by atoms with Gasteiger partial charge in [0.1, 0.15) is 12.2 Å². The number of aromatic nitrogens is 5. The van der Waals surface area contributed by atoms with Gasteiger partial charge in [-0.15, -0.1) is 0 Å². The van der Waals surface area contributed by atoms with Crippen molar-refractivity contribution in [1.29, 1.82) is 0 Å². The molecule has 20 heavy (non-hydrogen) atoms. The molecular formula is C14H24N6. The van der Waals surface area contributed by atoms with Gasteiger partial charge in [-0.3, -0.25) is 9.36 Å². The Labute approximate surface area is 120 Å². The number of aryl methyl sites for hydroxylation is 2. The first-order valence-electron chi connectivity index (χ1n) is 7.34. The van der Waals surface area contributed by atoms with E-state index in [0.29, 0.717) is 0 Å². The first kappa shape index (κ1) is 14.7. The number of nitrogens with one attached hydrogen (secondary N) is 1. The molecule has 0 spiro atoms. The predicted octanol–water partition coefficient (Wildman–Crippen LogP) is 1.70. The zero-order valence-electron chi connectivity index (χ0n) is 12.6. The Kier molecular flexibility index (Phi) is 5.29. The second-order valence-electron chi connectivity index (χ2n) is 5.02. The molecule has 0 saturated heterocycles. The largest absolute Gasteiger partial charge is 0.308 e. The Morgan fingerprint density at radius 3 is 2.80 bits per heavy atom. The van der Waals surface area contributed by atoms with Crippen LogP contribution in [0, 0.1) is 0 Å². The Hall–Kier alpha value is -1.69. The standard InChI is InChI=1S/C14H24N6/c1-4-7-15-13(12-6-9-19(3)18-12)10-14-16-11-17-20(14)8-5-2/h6,9,11,13,15H,4-5,7-8,10H2,1-3H3. The molecule has 0 amide bonds. The van der Waals surface area contributed by atoms with Gasteiger partial charge in [0.2, 0.25) is 0 Å². The molecule has 2 rings (SSSR count). The van der Waals surface area contributed by atoms with Crippen molar-refractivity contribution in [3.63, 3.8) is 0 Å². The third-order valence-corrected chi connectivity index (χ3v) is 3.25. The van der Waals surface area contributed by atoms with Crippen molar-refractivity contribution in [2.24, 2.45) is 7.05 Å². The lowest BCUT2D eigenvalue weighted by atomic mass is 10.1. The van der Waals surface area contributed by atoms with Crippen LogP contribution in [0.2, 0.25) is 0 Å². The molecule has 0 aliphatic heterocycles. The van der Waals surface area contributed by atoms with Crippen LogP contribution >= 0.6 is 0 Å². The zero-order chi connectivity index (χ0) is 14.4. The summed E-state index contributed by atoms with van der Waals surface area (Å²) in [6.45, 7) is 6.21. The number of hydrogen-bond acceptors (Lipinski definition) is 4. The van der Waals surface area contributed by atoms with Gasteiger partial charge in [0.15, 0.2) is 0 Å². The van der Waals surface area contributed by atoms with E-state index in [1.54, 1.807) is 6.33 Å². The molecule has 0 radical (unpaired) electrons. The van der Waals surface area contributed by atoms with Crippen molar-refractivity contribution in [2.45, 2.75) is 45.7 Å². The lowest BCUT2D eigenvalue weighted by Crippen LogP contribution is -2.26. The summed E-state index contributed by atoms with van der Waals surface area (Å²) in [5.74, 6) is 1.02. The SMILES string of the molecule is CCCNC(Cc1ncnn1CCC)c1ccn(C)n1. The van der Waals surface area contributed by atoms with E-state index < -0.39 is 0 Å². The van der Waals surface area contributed by atoms with Crippen molar-refractivity contribution in [2.75, 3.05) is 6.54 Å². The lowest BCUT2D eigenvalue weighted by Gasteiger charge is -2.16. The van der Waals surface area contributed by atoms with Crippen LogP contribution in [0.4, 0.5) is 0 Å². The molecule has 0 aliphatic carbocycles. The third-order valence-electron chi connectivity index (χ3n) is 3.25. The van der Waals surface area contributed by atoms with Gasteiger partial charge < -0.3 is 5.32 Å². The van der Waals surface area contributed by atoms with Gasteiger partial charge in [-0.05, 0) is 25.5 Å². The first-order chi connectivity index (χ1) is 9.74. The maximum absolute atomic E-state index is 4.52. The highest BCUT2D eigenvalue weighted by molar-refractivity contribution is 5.08. The molecule has 2 heterocycles. The highest BCUT2D eigenvalue weighted by Crippen LogP contribution is 2.15. The summed E-state index contributed by atoms with van der Waals surface area (Å²) in [5, 5.41) is 12.4. The lowest BCUT2D eigenvalue weighted by molar-refractivity contribution is 0.476. The second-order valence-corrected chi connectivity index (χ2v) is 5.02. The van der Waals surface area contributed by atoms with Crippen LogP contribution in [0.5, 0.6) is 0 Å². The summed E-state index contributed by atoms with van der Waals surface area (Å²) in [5.41, 5.74) is 1.06. The molecule has 0 aromatic carbocycles. The highest BCUT2D eigenvalue weighted by Gasteiger charge is 2.17.